The Morgan fingerprint density at radius 2 is 1.70 bits per heavy atom. The van der Waals surface area contributed by atoms with Crippen molar-refractivity contribution in [2.75, 3.05) is 31.1 Å². The van der Waals surface area contributed by atoms with Crippen LogP contribution >= 0.6 is 0 Å². The Morgan fingerprint density at radius 3 is 2.26 bits per heavy atom. The normalized spacial score (nSPS) is 15.9. The summed E-state index contributed by atoms with van der Waals surface area (Å²) < 4.78 is 27.3. The summed E-state index contributed by atoms with van der Waals surface area (Å²) in [5, 5.41) is 0. The van der Waals surface area contributed by atoms with E-state index < -0.39 is 15.9 Å². The molecule has 0 aliphatic carbocycles. The average Bonchev–Trinajstić information content (AvgIpc) is 2.68. The van der Waals surface area contributed by atoms with Crippen molar-refractivity contribution in [2.45, 2.75) is 24.7 Å². The highest BCUT2D eigenvalue weighted by Gasteiger charge is 2.30. The number of aromatic nitrogens is 1. The second kappa shape index (κ2) is 7.66. The van der Waals surface area contributed by atoms with Crippen LogP contribution in [0, 0.1) is 0 Å². The third kappa shape index (κ3) is 3.96. The van der Waals surface area contributed by atoms with Gasteiger partial charge in [0.1, 0.15) is 5.82 Å². The van der Waals surface area contributed by atoms with E-state index in [0.717, 1.165) is 5.56 Å². The van der Waals surface area contributed by atoms with Gasteiger partial charge in [-0.15, -0.1) is 0 Å². The number of piperazine rings is 1. The van der Waals surface area contributed by atoms with Gasteiger partial charge in [-0.1, -0.05) is 26.0 Å². The Labute approximate surface area is 159 Å². The number of carbonyl (C=O) groups excluding carboxylic acids is 1. The van der Waals surface area contributed by atoms with Crippen molar-refractivity contribution in [3.8, 4) is 0 Å². The van der Waals surface area contributed by atoms with E-state index in [-0.39, 0.29) is 0 Å². The highest BCUT2D eigenvalue weighted by molar-refractivity contribution is 7.89. The molecule has 2 aromatic rings. The summed E-state index contributed by atoms with van der Waals surface area (Å²) in [5.41, 5.74) is 6.87. The van der Waals surface area contributed by atoms with E-state index in [4.69, 9.17) is 5.73 Å². The number of primary amides is 1. The Kier molecular flexibility index (Phi) is 5.48. The van der Waals surface area contributed by atoms with E-state index in [1.807, 2.05) is 17.0 Å². The van der Waals surface area contributed by atoms with Crippen molar-refractivity contribution in [1.82, 2.24) is 9.29 Å². The Hall–Kier alpha value is -2.45. The maximum absolute atomic E-state index is 12.9. The molecule has 1 amide bonds. The predicted molar refractivity (Wildman–Crippen MR) is 104 cm³/mol. The van der Waals surface area contributed by atoms with Crippen LogP contribution in [0.3, 0.4) is 0 Å². The molecular weight excluding hydrogens is 364 g/mol. The maximum atomic E-state index is 12.9. The minimum absolute atomic E-state index is 0.302. The van der Waals surface area contributed by atoms with Crippen molar-refractivity contribution >= 4 is 21.7 Å². The molecule has 1 aromatic heterocycles. The molecule has 144 valence electrons. The summed E-state index contributed by atoms with van der Waals surface area (Å²) in [4.78, 5) is 18.0. The molecule has 0 bridgehead atoms. The first-order valence-corrected chi connectivity index (χ1v) is 10.3. The summed E-state index contributed by atoms with van der Waals surface area (Å²) in [5.74, 6) is 0.310. The molecule has 8 heteroatoms. The Bertz CT molecular complexity index is 918. The number of amides is 1. The average molecular weight is 388 g/mol. The van der Waals surface area contributed by atoms with Crippen molar-refractivity contribution in [2.24, 2.45) is 5.73 Å². The summed E-state index contributed by atoms with van der Waals surface area (Å²) in [6, 6.07) is 10.3. The van der Waals surface area contributed by atoms with Crippen molar-refractivity contribution in [3.05, 3.63) is 53.7 Å². The number of benzene rings is 1. The van der Waals surface area contributed by atoms with Crippen LogP contribution in [-0.2, 0) is 10.0 Å². The SMILES string of the molecule is CC(C)c1ccc(S(=O)(=O)N2CCN(c3ncccc3C(N)=O)CC2)cc1. The van der Waals surface area contributed by atoms with Gasteiger partial charge in [0.25, 0.3) is 5.91 Å². The molecule has 2 N–H and O–H groups in total. The first-order chi connectivity index (χ1) is 12.8. The summed E-state index contributed by atoms with van der Waals surface area (Å²) in [7, 11) is -3.54. The van der Waals surface area contributed by atoms with Gasteiger partial charge in [-0.3, -0.25) is 4.79 Å². The van der Waals surface area contributed by atoms with Crippen molar-refractivity contribution in [1.29, 1.82) is 0 Å². The van der Waals surface area contributed by atoms with Gasteiger partial charge in [-0.05, 0) is 35.7 Å². The minimum atomic E-state index is -3.54. The molecule has 1 fully saturated rings. The van der Waals surface area contributed by atoms with E-state index in [1.54, 1.807) is 30.5 Å². The Balaban J connectivity index is 1.74. The summed E-state index contributed by atoms with van der Waals surface area (Å²) >= 11 is 0. The van der Waals surface area contributed by atoms with Gasteiger partial charge in [-0.25, -0.2) is 13.4 Å². The van der Waals surface area contributed by atoms with Gasteiger partial charge in [0.2, 0.25) is 10.0 Å². The van der Waals surface area contributed by atoms with Crippen LogP contribution in [0.4, 0.5) is 5.82 Å². The molecule has 2 heterocycles. The lowest BCUT2D eigenvalue weighted by Gasteiger charge is -2.35. The highest BCUT2D eigenvalue weighted by Crippen LogP contribution is 2.23. The molecule has 0 spiro atoms. The third-order valence-corrected chi connectivity index (χ3v) is 6.69. The van der Waals surface area contributed by atoms with E-state index in [2.05, 4.69) is 18.8 Å². The fourth-order valence-corrected chi connectivity index (χ4v) is 4.58. The van der Waals surface area contributed by atoms with E-state index >= 15 is 0 Å². The van der Waals surface area contributed by atoms with Crippen LogP contribution in [-0.4, -0.2) is 49.8 Å². The van der Waals surface area contributed by atoms with Crippen LogP contribution in [0.5, 0.6) is 0 Å². The molecule has 1 aromatic carbocycles. The van der Waals surface area contributed by atoms with Crippen molar-refractivity contribution < 1.29 is 13.2 Å². The fraction of sp³-hybridized carbons (Fsp3) is 0.368. The summed E-state index contributed by atoms with van der Waals surface area (Å²) in [6.07, 6.45) is 1.60. The zero-order valence-electron chi connectivity index (χ0n) is 15.5. The lowest BCUT2D eigenvalue weighted by Crippen LogP contribution is -2.49. The topological polar surface area (TPSA) is 96.6 Å². The number of carbonyl (C=O) groups is 1. The first kappa shape index (κ1) is 19.3. The lowest BCUT2D eigenvalue weighted by atomic mass is 10.0. The first-order valence-electron chi connectivity index (χ1n) is 8.90. The zero-order valence-corrected chi connectivity index (χ0v) is 16.3. The van der Waals surface area contributed by atoms with Gasteiger partial charge in [0, 0.05) is 32.4 Å². The number of anilines is 1. The summed E-state index contributed by atoms with van der Waals surface area (Å²) in [6.45, 7) is 5.68. The largest absolute Gasteiger partial charge is 0.365 e. The van der Waals surface area contributed by atoms with E-state index in [9.17, 15) is 13.2 Å². The number of sulfonamides is 1. The molecule has 0 radical (unpaired) electrons. The number of hydrogen-bond donors (Lipinski definition) is 1. The zero-order chi connectivity index (χ0) is 19.6. The molecule has 0 atom stereocenters. The van der Waals surface area contributed by atoms with Crippen LogP contribution in [0.2, 0.25) is 0 Å². The molecule has 1 saturated heterocycles. The predicted octanol–water partition coefficient (Wildman–Crippen LogP) is 1.81. The van der Waals surface area contributed by atoms with Gasteiger partial charge in [0.05, 0.1) is 10.5 Å². The fourth-order valence-electron chi connectivity index (χ4n) is 3.16. The maximum Gasteiger partial charge on any atom is 0.252 e. The Morgan fingerprint density at radius 1 is 1.07 bits per heavy atom. The molecule has 27 heavy (non-hydrogen) atoms. The third-order valence-electron chi connectivity index (χ3n) is 4.77. The monoisotopic (exact) mass is 388 g/mol. The molecule has 0 saturated carbocycles. The van der Waals surface area contributed by atoms with Crippen LogP contribution in [0.1, 0.15) is 35.7 Å². The molecule has 3 rings (SSSR count). The van der Waals surface area contributed by atoms with E-state index in [1.165, 1.54) is 4.31 Å². The second-order valence-electron chi connectivity index (χ2n) is 6.85. The van der Waals surface area contributed by atoms with Crippen molar-refractivity contribution in [3.63, 3.8) is 0 Å². The number of pyridine rings is 1. The number of nitrogens with zero attached hydrogens (tertiary/aromatic N) is 3. The van der Waals surface area contributed by atoms with Gasteiger partial charge in [-0.2, -0.15) is 4.31 Å². The molecule has 1 aliphatic heterocycles. The van der Waals surface area contributed by atoms with Crippen LogP contribution in [0.15, 0.2) is 47.5 Å². The number of hydrogen-bond acceptors (Lipinski definition) is 5. The lowest BCUT2D eigenvalue weighted by molar-refractivity contribution is 0.1000. The van der Waals surface area contributed by atoms with Crippen LogP contribution < -0.4 is 10.6 Å². The quantitative estimate of drug-likeness (QED) is 0.843. The highest BCUT2D eigenvalue weighted by atomic mass is 32.2. The van der Waals surface area contributed by atoms with Gasteiger partial charge >= 0.3 is 0 Å². The van der Waals surface area contributed by atoms with Gasteiger partial charge in [0.15, 0.2) is 0 Å². The smallest absolute Gasteiger partial charge is 0.252 e. The molecule has 0 unspecified atom stereocenters. The molecule has 7 nitrogen and oxygen atoms in total. The number of nitrogens with two attached hydrogens (primary N) is 1. The standard InChI is InChI=1S/C19H24N4O3S/c1-14(2)15-5-7-16(8-6-15)27(25,26)23-12-10-22(11-13-23)19-17(18(20)24)4-3-9-21-19/h3-9,14H,10-13H2,1-2H3,(H2,20,24). The van der Waals surface area contributed by atoms with E-state index in [0.29, 0.717) is 48.4 Å². The molecule has 1 aliphatic rings. The van der Waals surface area contributed by atoms with Crippen LogP contribution in [0.25, 0.3) is 0 Å². The molecular formula is C19H24N4O3S. The second-order valence-corrected chi connectivity index (χ2v) is 8.79. The van der Waals surface area contributed by atoms with Gasteiger partial charge < -0.3 is 10.6 Å². The number of rotatable bonds is 5. The minimum Gasteiger partial charge on any atom is -0.365 e.